The largest absolute Gasteiger partial charge is 0.329 e. The second-order valence-electron chi connectivity index (χ2n) is 6.02. The van der Waals surface area contributed by atoms with Crippen molar-refractivity contribution in [2.45, 2.75) is 66.2 Å². The summed E-state index contributed by atoms with van der Waals surface area (Å²) in [6.07, 6.45) is 6.98. The van der Waals surface area contributed by atoms with Crippen LogP contribution in [0.25, 0.3) is 0 Å². The summed E-state index contributed by atoms with van der Waals surface area (Å²) in [5, 5.41) is -0.288. The number of rotatable bonds is 10. The van der Waals surface area contributed by atoms with E-state index in [1.54, 1.807) is 4.90 Å². The Kier molecular flexibility index (Phi) is 10.5. The van der Waals surface area contributed by atoms with Gasteiger partial charge in [0.2, 0.25) is 0 Å². The van der Waals surface area contributed by atoms with E-state index in [2.05, 4.69) is 27.7 Å². The average Bonchev–Trinajstić information content (AvgIpc) is 2.25. The van der Waals surface area contributed by atoms with E-state index >= 15 is 0 Å². The lowest BCUT2D eigenvalue weighted by molar-refractivity contribution is 0.218. The van der Waals surface area contributed by atoms with Crippen molar-refractivity contribution in [3.05, 3.63) is 0 Å². The standard InChI is InChI=1S/C15H30ClNO/c1-13(2)9-5-7-11-17(15(16)18)12-8-6-10-14(3)4/h13-14H,5-12H2,1-4H3. The molecule has 0 saturated heterocycles. The van der Waals surface area contributed by atoms with Crippen LogP contribution in [0, 0.1) is 11.8 Å². The molecule has 0 aromatic rings. The third kappa shape index (κ3) is 10.9. The lowest BCUT2D eigenvalue weighted by atomic mass is 10.1. The molecule has 0 aliphatic heterocycles. The molecule has 0 N–H and O–H groups in total. The number of nitrogens with zero attached hydrogens (tertiary/aromatic N) is 1. The number of hydrogen-bond acceptors (Lipinski definition) is 1. The van der Waals surface area contributed by atoms with Gasteiger partial charge in [0.1, 0.15) is 0 Å². The molecule has 2 nitrogen and oxygen atoms in total. The first-order chi connectivity index (χ1) is 8.43. The summed E-state index contributed by atoms with van der Waals surface area (Å²) in [4.78, 5) is 13.1. The summed E-state index contributed by atoms with van der Waals surface area (Å²) in [5.74, 6) is 1.49. The Morgan fingerprint density at radius 3 is 1.56 bits per heavy atom. The zero-order chi connectivity index (χ0) is 14.0. The molecular weight excluding hydrogens is 246 g/mol. The van der Waals surface area contributed by atoms with Gasteiger partial charge < -0.3 is 4.90 Å². The summed E-state index contributed by atoms with van der Waals surface area (Å²) >= 11 is 5.61. The molecule has 0 fully saturated rings. The van der Waals surface area contributed by atoms with E-state index in [0.717, 1.165) is 37.8 Å². The second kappa shape index (κ2) is 10.7. The first-order valence-electron chi connectivity index (χ1n) is 7.38. The summed E-state index contributed by atoms with van der Waals surface area (Å²) < 4.78 is 0. The highest BCUT2D eigenvalue weighted by Crippen LogP contribution is 2.11. The Morgan fingerprint density at radius 2 is 1.28 bits per heavy atom. The molecule has 0 unspecified atom stereocenters. The third-order valence-electron chi connectivity index (χ3n) is 3.17. The van der Waals surface area contributed by atoms with E-state index in [4.69, 9.17) is 11.6 Å². The fraction of sp³-hybridized carbons (Fsp3) is 0.933. The molecule has 0 spiro atoms. The van der Waals surface area contributed by atoms with Gasteiger partial charge in [0, 0.05) is 13.1 Å². The van der Waals surface area contributed by atoms with Crippen LogP contribution in [-0.4, -0.2) is 23.4 Å². The number of halogens is 1. The molecule has 1 amide bonds. The van der Waals surface area contributed by atoms with Crippen LogP contribution in [0.4, 0.5) is 4.79 Å². The van der Waals surface area contributed by atoms with Crippen molar-refractivity contribution in [1.29, 1.82) is 0 Å². The molecule has 0 heterocycles. The van der Waals surface area contributed by atoms with Gasteiger partial charge in [0.15, 0.2) is 0 Å². The van der Waals surface area contributed by atoms with Gasteiger partial charge in [0.05, 0.1) is 0 Å². The van der Waals surface area contributed by atoms with Gasteiger partial charge in [0.25, 0.3) is 0 Å². The van der Waals surface area contributed by atoms with Crippen molar-refractivity contribution < 1.29 is 4.79 Å². The Balaban J connectivity index is 3.69. The number of carbonyl (C=O) groups is 1. The Hall–Kier alpha value is -0.240. The van der Waals surface area contributed by atoms with Crippen LogP contribution in [0.15, 0.2) is 0 Å². The zero-order valence-corrected chi connectivity index (χ0v) is 13.3. The lowest BCUT2D eigenvalue weighted by Gasteiger charge is -2.20. The molecule has 0 rings (SSSR count). The minimum atomic E-state index is -0.288. The van der Waals surface area contributed by atoms with Crippen LogP contribution in [0.3, 0.4) is 0 Å². The van der Waals surface area contributed by atoms with E-state index in [1.165, 1.54) is 25.7 Å². The van der Waals surface area contributed by atoms with Gasteiger partial charge in [-0.1, -0.05) is 53.4 Å². The molecule has 108 valence electrons. The molecule has 0 aliphatic rings. The highest BCUT2D eigenvalue weighted by atomic mass is 35.5. The number of carbonyl (C=O) groups excluding carboxylic acids is 1. The second-order valence-corrected chi connectivity index (χ2v) is 6.34. The van der Waals surface area contributed by atoms with Crippen molar-refractivity contribution in [2.75, 3.05) is 13.1 Å². The molecule has 0 bridgehead atoms. The molecular formula is C15H30ClNO. The first-order valence-corrected chi connectivity index (χ1v) is 7.75. The molecule has 18 heavy (non-hydrogen) atoms. The summed E-state index contributed by atoms with van der Waals surface area (Å²) in [6, 6.07) is 0. The minimum absolute atomic E-state index is 0.288. The van der Waals surface area contributed by atoms with Crippen LogP contribution in [-0.2, 0) is 0 Å². The van der Waals surface area contributed by atoms with Gasteiger partial charge in [-0.2, -0.15) is 0 Å². The van der Waals surface area contributed by atoms with Crippen LogP contribution < -0.4 is 0 Å². The Bertz CT molecular complexity index is 201. The fourth-order valence-corrected chi connectivity index (χ4v) is 2.17. The SMILES string of the molecule is CC(C)CCCCN(CCCCC(C)C)C(=O)Cl. The molecule has 0 aromatic carbocycles. The summed E-state index contributed by atoms with van der Waals surface area (Å²) in [5.41, 5.74) is 0. The van der Waals surface area contributed by atoms with E-state index in [1.807, 2.05) is 0 Å². The van der Waals surface area contributed by atoms with E-state index in [0.29, 0.717) is 0 Å². The monoisotopic (exact) mass is 275 g/mol. The first kappa shape index (κ1) is 17.8. The Morgan fingerprint density at radius 1 is 0.889 bits per heavy atom. The van der Waals surface area contributed by atoms with Gasteiger partial charge in [-0.25, -0.2) is 0 Å². The van der Waals surface area contributed by atoms with Crippen LogP contribution >= 0.6 is 11.6 Å². The third-order valence-corrected chi connectivity index (χ3v) is 3.41. The number of hydrogen-bond donors (Lipinski definition) is 0. The molecule has 0 saturated carbocycles. The smallest absolute Gasteiger partial charge is 0.316 e. The highest BCUT2D eigenvalue weighted by Gasteiger charge is 2.09. The average molecular weight is 276 g/mol. The maximum absolute atomic E-state index is 11.3. The molecule has 0 aromatic heterocycles. The Labute approximate surface area is 118 Å². The van der Waals surface area contributed by atoms with Gasteiger partial charge in [-0.3, -0.25) is 4.79 Å². The predicted octanol–water partition coefficient (Wildman–Crippen LogP) is 5.30. The highest BCUT2D eigenvalue weighted by molar-refractivity contribution is 6.62. The summed E-state index contributed by atoms with van der Waals surface area (Å²) in [6.45, 7) is 10.6. The van der Waals surface area contributed by atoms with Crippen molar-refractivity contribution in [2.24, 2.45) is 11.8 Å². The van der Waals surface area contributed by atoms with Crippen molar-refractivity contribution in [3.63, 3.8) is 0 Å². The topological polar surface area (TPSA) is 20.3 Å². The van der Waals surface area contributed by atoms with Gasteiger partial charge in [-0.05, 0) is 36.3 Å². The molecule has 0 radical (unpaired) electrons. The molecule has 3 heteroatoms. The van der Waals surface area contributed by atoms with E-state index in [9.17, 15) is 4.79 Å². The minimum Gasteiger partial charge on any atom is -0.329 e. The van der Waals surface area contributed by atoms with Crippen molar-refractivity contribution >= 4 is 17.0 Å². The van der Waals surface area contributed by atoms with Crippen LogP contribution in [0.1, 0.15) is 66.2 Å². The van der Waals surface area contributed by atoms with Gasteiger partial charge >= 0.3 is 5.37 Å². The zero-order valence-electron chi connectivity index (χ0n) is 12.5. The van der Waals surface area contributed by atoms with Crippen molar-refractivity contribution in [1.82, 2.24) is 4.90 Å². The van der Waals surface area contributed by atoms with E-state index < -0.39 is 0 Å². The molecule has 0 atom stereocenters. The van der Waals surface area contributed by atoms with Crippen molar-refractivity contribution in [3.8, 4) is 0 Å². The quantitative estimate of drug-likeness (QED) is 0.301. The fourth-order valence-electron chi connectivity index (χ4n) is 2.00. The number of unbranched alkanes of at least 4 members (excludes halogenated alkanes) is 2. The maximum atomic E-state index is 11.3. The van der Waals surface area contributed by atoms with Crippen LogP contribution in [0.2, 0.25) is 0 Å². The summed E-state index contributed by atoms with van der Waals surface area (Å²) in [7, 11) is 0. The normalized spacial score (nSPS) is 11.3. The number of amides is 1. The predicted molar refractivity (Wildman–Crippen MR) is 80.2 cm³/mol. The van der Waals surface area contributed by atoms with E-state index in [-0.39, 0.29) is 5.37 Å². The van der Waals surface area contributed by atoms with Gasteiger partial charge in [-0.15, -0.1) is 0 Å². The lowest BCUT2D eigenvalue weighted by Crippen LogP contribution is -2.28. The maximum Gasteiger partial charge on any atom is 0.316 e. The molecule has 0 aliphatic carbocycles. The van der Waals surface area contributed by atoms with Crippen LogP contribution in [0.5, 0.6) is 0 Å².